The highest BCUT2D eigenvalue weighted by Crippen LogP contribution is 2.44. The second-order valence-corrected chi connectivity index (χ2v) is 7.68. The summed E-state index contributed by atoms with van der Waals surface area (Å²) in [6.45, 7) is 11.8. The molecule has 0 radical (unpaired) electrons. The van der Waals surface area contributed by atoms with Crippen LogP contribution < -0.4 is 11.5 Å². The van der Waals surface area contributed by atoms with Gasteiger partial charge in [-0.05, 0) is 50.5 Å². The first kappa shape index (κ1) is 17.2. The highest BCUT2D eigenvalue weighted by molar-refractivity contribution is 5.20. The summed E-state index contributed by atoms with van der Waals surface area (Å²) >= 11 is 0. The first-order valence-electron chi connectivity index (χ1n) is 7.65. The van der Waals surface area contributed by atoms with Crippen LogP contribution in [0.25, 0.3) is 0 Å². The van der Waals surface area contributed by atoms with E-state index >= 15 is 0 Å². The Hall–Kier alpha value is -0.860. The molecule has 0 saturated heterocycles. The molecule has 2 unspecified atom stereocenters. The molecule has 0 bridgehead atoms. The van der Waals surface area contributed by atoms with Crippen molar-refractivity contribution in [3.05, 3.63) is 35.4 Å². The zero-order chi connectivity index (χ0) is 15.4. The second kappa shape index (κ2) is 6.73. The van der Waals surface area contributed by atoms with E-state index in [1.54, 1.807) is 0 Å². The maximum atomic E-state index is 6.01. The van der Waals surface area contributed by atoms with Crippen molar-refractivity contribution in [3.63, 3.8) is 0 Å². The highest BCUT2D eigenvalue weighted by Gasteiger charge is 2.38. The summed E-state index contributed by atoms with van der Waals surface area (Å²) in [6.07, 6.45) is 3.44. The Balaban J connectivity index is 0.000000217. The van der Waals surface area contributed by atoms with Gasteiger partial charge in [-0.15, -0.1) is 0 Å². The van der Waals surface area contributed by atoms with E-state index in [0.29, 0.717) is 11.5 Å². The fourth-order valence-electron chi connectivity index (χ4n) is 3.68. The Morgan fingerprint density at radius 1 is 1.10 bits per heavy atom. The van der Waals surface area contributed by atoms with Crippen molar-refractivity contribution in [1.29, 1.82) is 0 Å². The molecule has 2 heteroatoms. The lowest BCUT2D eigenvalue weighted by atomic mass is 9.63. The molecule has 0 heterocycles. The van der Waals surface area contributed by atoms with Gasteiger partial charge in [0.15, 0.2) is 0 Å². The average Bonchev–Trinajstić information content (AvgIpc) is 2.26. The molecule has 0 amide bonds. The van der Waals surface area contributed by atoms with Gasteiger partial charge >= 0.3 is 0 Å². The lowest BCUT2D eigenvalue weighted by Crippen LogP contribution is -2.45. The average molecular weight is 276 g/mol. The van der Waals surface area contributed by atoms with Crippen molar-refractivity contribution in [1.82, 2.24) is 0 Å². The van der Waals surface area contributed by atoms with Crippen LogP contribution >= 0.6 is 0 Å². The molecule has 2 rings (SSSR count). The van der Waals surface area contributed by atoms with E-state index in [2.05, 4.69) is 58.9 Å². The number of benzene rings is 1. The molecule has 4 N–H and O–H groups in total. The first-order chi connectivity index (χ1) is 9.16. The van der Waals surface area contributed by atoms with E-state index in [0.717, 1.165) is 19.4 Å². The second-order valence-electron chi connectivity index (χ2n) is 7.68. The molecule has 1 fully saturated rings. The summed E-state index contributed by atoms with van der Waals surface area (Å²) < 4.78 is 0. The summed E-state index contributed by atoms with van der Waals surface area (Å²) in [4.78, 5) is 0. The predicted molar refractivity (Wildman–Crippen MR) is 88.7 cm³/mol. The molecule has 0 aliphatic heterocycles. The summed E-state index contributed by atoms with van der Waals surface area (Å²) in [5, 5.41) is 0. The molecule has 1 aromatic carbocycles. The van der Waals surface area contributed by atoms with Crippen LogP contribution in [0, 0.1) is 24.7 Å². The maximum Gasteiger partial charge on any atom is 0.00495 e. The van der Waals surface area contributed by atoms with E-state index in [-0.39, 0.29) is 5.41 Å². The zero-order valence-electron chi connectivity index (χ0n) is 13.9. The molecule has 2 atom stereocenters. The smallest absolute Gasteiger partial charge is 0.00495 e. The quantitative estimate of drug-likeness (QED) is 0.820. The topological polar surface area (TPSA) is 52.0 Å². The van der Waals surface area contributed by atoms with Crippen molar-refractivity contribution < 1.29 is 0 Å². The molecular formula is C18H32N2. The Labute approximate surface area is 124 Å². The monoisotopic (exact) mass is 276 g/mol. The third-order valence-corrected chi connectivity index (χ3v) is 4.14. The Morgan fingerprint density at radius 3 is 2.00 bits per heavy atom. The van der Waals surface area contributed by atoms with Gasteiger partial charge in [0, 0.05) is 6.04 Å². The van der Waals surface area contributed by atoms with Gasteiger partial charge in [-0.25, -0.2) is 0 Å². The maximum absolute atomic E-state index is 6.01. The fourth-order valence-corrected chi connectivity index (χ4v) is 3.68. The Morgan fingerprint density at radius 2 is 1.65 bits per heavy atom. The Kier molecular flexibility index (Phi) is 5.79. The predicted octanol–water partition coefficient (Wildman–Crippen LogP) is 3.79. The van der Waals surface area contributed by atoms with Gasteiger partial charge in [-0.3, -0.25) is 0 Å². The molecule has 1 aliphatic rings. The Bertz CT molecular complexity index is 408. The zero-order valence-corrected chi connectivity index (χ0v) is 13.9. The van der Waals surface area contributed by atoms with Crippen LogP contribution in [0.15, 0.2) is 24.3 Å². The van der Waals surface area contributed by atoms with Crippen molar-refractivity contribution in [2.75, 3.05) is 6.54 Å². The standard InChI is InChI=1S/C10H22N2.C8H10/c1-9(2)4-8(12)5-10(3,6-9)7-11;1-7-4-3-5-8(2)6-7/h8H,4-7,11-12H2,1-3H3;3-6H,1-2H3. The largest absolute Gasteiger partial charge is 0.330 e. The molecule has 2 nitrogen and oxygen atoms in total. The van der Waals surface area contributed by atoms with E-state index in [9.17, 15) is 0 Å². The van der Waals surface area contributed by atoms with E-state index < -0.39 is 0 Å². The third-order valence-electron chi connectivity index (χ3n) is 4.14. The summed E-state index contributed by atoms with van der Waals surface area (Å²) in [6, 6.07) is 8.80. The van der Waals surface area contributed by atoms with E-state index in [1.807, 2.05) is 0 Å². The van der Waals surface area contributed by atoms with Crippen LogP contribution in [0.5, 0.6) is 0 Å². The first-order valence-corrected chi connectivity index (χ1v) is 7.65. The molecule has 20 heavy (non-hydrogen) atoms. The van der Waals surface area contributed by atoms with Gasteiger partial charge in [-0.1, -0.05) is 56.2 Å². The van der Waals surface area contributed by atoms with Crippen LogP contribution in [-0.2, 0) is 0 Å². The van der Waals surface area contributed by atoms with Crippen LogP contribution in [0.1, 0.15) is 51.2 Å². The van der Waals surface area contributed by atoms with Gasteiger partial charge in [0.05, 0.1) is 0 Å². The summed E-state index contributed by atoms with van der Waals surface area (Å²) in [5.41, 5.74) is 15.1. The normalized spacial score (nSPS) is 28.4. The summed E-state index contributed by atoms with van der Waals surface area (Å²) in [7, 11) is 0. The number of hydrogen-bond donors (Lipinski definition) is 2. The number of nitrogens with two attached hydrogens (primary N) is 2. The molecule has 1 aromatic rings. The van der Waals surface area contributed by atoms with Crippen molar-refractivity contribution in [2.24, 2.45) is 22.3 Å². The molecular weight excluding hydrogens is 244 g/mol. The molecule has 1 saturated carbocycles. The SMILES string of the molecule is CC1(C)CC(N)CC(C)(CN)C1.Cc1cccc(C)c1. The van der Waals surface area contributed by atoms with Crippen molar-refractivity contribution >= 4 is 0 Å². The minimum atomic E-state index is 0.279. The van der Waals surface area contributed by atoms with Gasteiger partial charge in [-0.2, -0.15) is 0 Å². The minimum absolute atomic E-state index is 0.279. The lowest BCUT2D eigenvalue weighted by Gasteiger charge is -2.45. The van der Waals surface area contributed by atoms with Crippen LogP contribution in [0.4, 0.5) is 0 Å². The number of rotatable bonds is 1. The fraction of sp³-hybridized carbons (Fsp3) is 0.667. The van der Waals surface area contributed by atoms with Crippen LogP contribution in [-0.4, -0.2) is 12.6 Å². The molecule has 1 aliphatic carbocycles. The molecule has 0 spiro atoms. The van der Waals surface area contributed by atoms with Gasteiger partial charge in [0.25, 0.3) is 0 Å². The lowest BCUT2D eigenvalue weighted by molar-refractivity contribution is 0.0904. The number of aryl methyl sites for hydroxylation is 2. The van der Waals surface area contributed by atoms with Crippen LogP contribution in [0.3, 0.4) is 0 Å². The summed E-state index contributed by atoms with van der Waals surface area (Å²) in [5.74, 6) is 0. The number of hydrogen-bond acceptors (Lipinski definition) is 2. The van der Waals surface area contributed by atoms with Crippen LogP contribution in [0.2, 0.25) is 0 Å². The minimum Gasteiger partial charge on any atom is -0.330 e. The molecule has 114 valence electrons. The van der Waals surface area contributed by atoms with E-state index in [4.69, 9.17) is 11.5 Å². The van der Waals surface area contributed by atoms with Gasteiger partial charge in [0.2, 0.25) is 0 Å². The van der Waals surface area contributed by atoms with Crippen molar-refractivity contribution in [2.45, 2.75) is 59.9 Å². The highest BCUT2D eigenvalue weighted by atomic mass is 14.7. The van der Waals surface area contributed by atoms with Gasteiger partial charge in [0.1, 0.15) is 0 Å². The van der Waals surface area contributed by atoms with Crippen molar-refractivity contribution in [3.8, 4) is 0 Å². The molecule has 0 aromatic heterocycles. The van der Waals surface area contributed by atoms with E-state index in [1.165, 1.54) is 17.5 Å². The third kappa shape index (κ3) is 5.64. The van der Waals surface area contributed by atoms with Gasteiger partial charge < -0.3 is 11.5 Å².